The van der Waals surface area contributed by atoms with Gasteiger partial charge in [0.1, 0.15) is 11.6 Å². The second kappa shape index (κ2) is 11.3. The van der Waals surface area contributed by atoms with Gasteiger partial charge in [-0.1, -0.05) is 69.6 Å². The third-order valence-electron chi connectivity index (χ3n) is 9.62. The lowest BCUT2D eigenvalue weighted by molar-refractivity contribution is -0.144. The Labute approximate surface area is 235 Å². The van der Waals surface area contributed by atoms with Crippen molar-refractivity contribution in [1.82, 2.24) is 10.2 Å². The van der Waals surface area contributed by atoms with Gasteiger partial charge in [0, 0.05) is 22.7 Å². The van der Waals surface area contributed by atoms with Gasteiger partial charge >= 0.3 is 0 Å². The lowest BCUT2D eigenvalue weighted by Gasteiger charge is -2.38. The van der Waals surface area contributed by atoms with Crippen LogP contribution >= 0.6 is 11.8 Å². The topological polar surface area (TPSA) is 87.7 Å². The molecule has 3 amide bonds. The number of carbonyl (C=O) groups is 3. The summed E-state index contributed by atoms with van der Waals surface area (Å²) in [6, 6.07) is 7.14. The minimum absolute atomic E-state index is 0.00194. The molecule has 5 unspecified atom stereocenters. The fourth-order valence-corrected chi connectivity index (χ4v) is 8.23. The zero-order chi connectivity index (χ0) is 27.0. The van der Waals surface area contributed by atoms with Gasteiger partial charge in [0.25, 0.3) is 0 Å². The molecule has 0 radical (unpaired) electrons. The summed E-state index contributed by atoms with van der Waals surface area (Å²) in [6.07, 6.45) is 18.2. The maximum atomic E-state index is 14.4. The lowest BCUT2D eigenvalue weighted by atomic mass is 9.74. The van der Waals surface area contributed by atoms with Crippen LogP contribution in [0.25, 0.3) is 0 Å². The van der Waals surface area contributed by atoms with Gasteiger partial charge in [-0.05, 0) is 50.1 Å². The van der Waals surface area contributed by atoms with Crippen LogP contribution in [0.3, 0.4) is 0 Å². The molecule has 1 aromatic rings. The monoisotopic (exact) mass is 551 g/mol. The van der Waals surface area contributed by atoms with E-state index in [-0.39, 0.29) is 29.8 Å². The summed E-state index contributed by atoms with van der Waals surface area (Å²) in [5.74, 6) is -1.77. The van der Waals surface area contributed by atoms with Crippen LogP contribution < -0.4 is 10.6 Å². The first-order valence-electron chi connectivity index (χ1n) is 15.0. The fourth-order valence-electron chi connectivity index (χ4n) is 7.77. The standard InChI is InChI=1S/C31H41N3O4S/c1-39-23-16-10-13-21(19-23)33-28(35)25-24-17-18-31(38-24)26(25)30(37)34(22-14-8-3-2-4-9-15-22)27(31)29(36)32-20-11-6-5-7-12-20/h10,13,16-20,22,24-27H,2-9,11-12,14-15H2,1H3,(H,32,36)(H,33,35). The molecule has 2 aliphatic carbocycles. The van der Waals surface area contributed by atoms with Crippen LogP contribution in [-0.4, -0.2) is 58.7 Å². The molecule has 8 heteroatoms. The summed E-state index contributed by atoms with van der Waals surface area (Å²) in [5, 5.41) is 6.37. The van der Waals surface area contributed by atoms with E-state index in [9.17, 15) is 14.4 Å². The van der Waals surface area contributed by atoms with Crippen molar-refractivity contribution in [1.29, 1.82) is 0 Å². The first kappa shape index (κ1) is 26.9. The Morgan fingerprint density at radius 2 is 1.67 bits per heavy atom. The maximum Gasteiger partial charge on any atom is 0.246 e. The van der Waals surface area contributed by atoms with Gasteiger partial charge in [0.15, 0.2) is 0 Å². The molecule has 2 saturated carbocycles. The molecular formula is C31H41N3O4S. The highest BCUT2D eigenvalue weighted by Crippen LogP contribution is 2.56. The van der Waals surface area contributed by atoms with Crippen molar-refractivity contribution >= 4 is 35.2 Å². The van der Waals surface area contributed by atoms with E-state index in [0.717, 1.165) is 69.1 Å². The Bertz CT molecular complexity index is 1130. The number of rotatable bonds is 6. The summed E-state index contributed by atoms with van der Waals surface area (Å²) in [6.45, 7) is 0. The van der Waals surface area contributed by atoms with Gasteiger partial charge in [-0.3, -0.25) is 14.4 Å². The Balaban J connectivity index is 1.31. The second-order valence-corrected chi connectivity index (χ2v) is 12.9. The number of hydrogen-bond acceptors (Lipinski definition) is 5. The van der Waals surface area contributed by atoms with Gasteiger partial charge in [-0.25, -0.2) is 0 Å². The molecule has 1 aromatic carbocycles. The molecule has 5 aliphatic rings. The van der Waals surface area contributed by atoms with Crippen LogP contribution in [0.2, 0.25) is 0 Å². The fraction of sp³-hybridized carbons (Fsp3) is 0.645. The highest BCUT2D eigenvalue weighted by molar-refractivity contribution is 7.98. The Hall–Kier alpha value is -2.32. The average Bonchev–Trinajstić information content (AvgIpc) is 3.57. The van der Waals surface area contributed by atoms with Gasteiger partial charge in [0.2, 0.25) is 17.7 Å². The summed E-state index contributed by atoms with van der Waals surface area (Å²) in [4.78, 5) is 45.2. The predicted molar refractivity (Wildman–Crippen MR) is 152 cm³/mol. The van der Waals surface area contributed by atoms with Crippen molar-refractivity contribution < 1.29 is 19.1 Å². The summed E-state index contributed by atoms with van der Waals surface area (Å²) >= 11 is 1.61. The van der Waals surface area contributed by atoms with Crippen molar-refractivity contribution in [3.63, 3.8) is 0 Å². The van der Waals surface area contributed by atoms with Crippen LogP contribution in [0, 0.1) is 11.8 Å². The number of anilines is 1. The number of amides is 3. The van der Waals surface area contributed by atoms with E-state index in [1.54, 1.807) is 11.8 Å². The molecule has 2 N–H and O–H groups in total. The second-order valence-electron chi connectivity index (χ2n) is 12.0. The van der Waals surface area contributed by atoms with Crippen LogP contribution in [0.4, 0.5) is 5.69 Å². The largest absolute Gasteiger partial charge is 0.359 e. The van der Waals surface area contributed by atoms with E-state index < -0.39 is 29.6 Å². The zero-order valence-corrected chi connectivity index (χ0v) is 23.7. The van der Waals surface area contributed by atoms with E-state index in [4.69, 9.17) is 4.74 Å². The van der Waals surface area contributed by atoms with Gasteiger partial charge in [0.05, 0.1) is 17.9 Å². The van der Waals surface area contributed by atoms with E-state index in [1.165, 1.54) is 12.8 Å². The number of nitrogens with zero attached hydrogens (tertiary/aromatic N) is 1. The number of carbonyl (C=O) groups excluding carboxylic acids is 3. The molecule has 4 fully saturated rings. The third kappa shape index (κ3) is 4.92. The van der Waals surface area contributed by atoms with Gasteiger partial charge in [-0.15, -0.1) is 11.8 Å². The van der Waals surface area contributed by atoms with E-state index in [2.05, 4.69) is 10.6 Å². The minimum atomic E-state index is -1.09. The Morgan fingerprint density at radius 3 is 2.41 bits per heavy atom. The number of thioether (sulfide) groups is 1. The number of hydrogen-bond donors (Lipinski definition) is 2. The van der Waals surface area contributed by atoms with Gasteiger partial charge in [-0.2, -0.15) is 0 Å². The number of fused-ring (bicyclic) bond motifs is 1. The zero-order valence-electron chi connectivity index (χ0n) is 22.9. The van der Waals surface area contributed by atoms with E-state index in [1.807, 2.05) is 47.6 Å². The normalized spacial score (nSPS) is 33.1. The first-order chi connectivity index (χ1) is 19.0. The Kier molecular flexibility index (Phi) is 7.77. The lowest BCUT2D eigenvalue weighted by Crippen LogP contribution is -2.58. The van der Waals surface area contributed by atoms with Crippen molar-refractivity contribution in [2.45, 2.75) is 112 Å². The van der Waals surface area contributed by atoms with E-state index in [0.29, 0.717) is 5.69 Å². The maximum absolute atomic E-state index is 14.4. The molecule has 0 aromatic heterocycles. The molecule has 210 valence electrons. The number of likely N-dealkylation sites (tertiary alicyclic amines) is 1. The molecule has 39 heavy (non-hydrogen) atoms. The quantitative estimate of drug-likeness (QED) is 0.381. The molecule has 2 bridgehead atoms. The summed E-state index contributed by atoms with van der Waals surface area (Å²) in [5.41, 5.74) is -0.381. The summed E-state index contributed by atoms with van der Waals surface area (Å²) < 4.78 is 6.57. The van der Waals surface area contributed by atoms with E-state index >= 15 is 0 Å². The highest BCUT2D eigenvalue weighted by Gasteiger charge is 2.73. The smallest absolute Gasteiger partial charge is 0.246 e. The molecule has 7 nitrogen and oxygen atoms in total. The Morgan fingerprint density at radius 1 is 0.974 bits per heavy atom. The molecule has 1 spiro atoms. The molecule has 5 atom stereocenters. The van der Waals surface area contributed by atoms with Crippen molar-refractivity contribution in [2.24, 2.45) is 11.8 Å². The number of ether oxygens (including phenoxy) is 1. The van der Waals surface area contributed by atoms with Crippen molar-refractivity contribution in [2.75, 3.05) is 11.6 Å². The average molecular weight is 552 g/mol. The van der Waals surface area contributed by atoms with Crippen LogP contribution in [0.1, 0.15) is 77.0 Å². The van der Waals surface area contributed by atoms with Crippen LogP contribution in [0.15, 0.2) is 41.3 Å². The molecule has 2 saturated heterocycles. The predicted octanol–water partition coefficient (Wildman–Crippen LogP) is 5.06. The SMILES string of the molecule is CSc1cccc(NC(=O)C2C3C=CC4(O3)C2C(=O)N(C2CCCCCCC2)C4C(=O)NC2CCCCC2)c1. The molecule has 3 aliphatic heterocycles. The molecule has 3 heterocycles. The minimum Gasteiger partial charge on any atom is -0.359 e. The van der Waals surface area contributed by atoms with Crippen LogP contribution in [0.5, 0.6) is 0 Å². The highest BCUT2D eigenvalue weighted by atomic mass is 32.2. The van der Waals surface area contributed by atoms with Gasteiger partial charge < -0.3 is 20.3 Å². The summed E-state index contributed by atoms with van der Waals surface area (Å²) in [7, 11) is 0. The number of nitrogens with one attached hydrogen (secondary N) is 2. The van der Waals surface area contributed by atoms with Crippen molar-refractivity contribution in [3.8, 4) is 0 Å². The van der Waals surface area contributed by atoms with Crippen molar-refractivity contribution in [3.05, 3.63) is 36.4 Å². The molecular weight excluding hydrogens is 510 g/mol. The molecule has 6 rings (SSSR count). The third-order valence-corrected chi connectivity index (χ3v) is 10.3. The van der Waals surface area contributed by atoms with Crippen LogP contribution in [-0.2, 0) is 19.1 Å². The number of benzene rings is 1. The first-order valence-corrected chi connectivity index (χ1v) is 16.2.